The highest BCUT2D eigenvalue weighted by Crippen LogP contribution is 2.34. The van der Waals surface area contributed by atoms with Crippen LogP contribution in [0, 0.1) is 27.7 Å². The zero-order valence-corrected chi connectivity index (χ0v) is 18.3. The number of rotatable bonds is 3. The minimum Gasteiger partial charge on any atom is -0.353 e. The number of aryl methyl sites for hydroxylation is 4. The Kier molecular flexibility index (Phi) is 5.08. The Balaban J connectivity index is 1.92. The molecular weight excluding hydrogens is 392 g/mol. The average molecular weight is 417 g/mol. The molecule has 0 radical (unpaired) electrons. The van der Waals surface area contributed by atoms with Crippen molar-refractivity contribution >= 4 is 26.9 Å². The van der Waals surface area contributed by atoms with Crippen molar-refractivity contribution in [1.29, 1.82) is 0 Å². The van der Waals surface area contributed by atoms with Crippen LogP contribution < -0.4 is 5.32 Å². The number of fused-ring (bicyclic) bond motifs is 1. The van der Waals surface area contributed by atoms with E-state index < -0.39 is 9.84 Å². The van der Waals surface area contributed by atoms with Crippen LogP contribution >= 0.6 is 0 Å². The Labute approximate surface area is 177 Å². The summed E-state index contributed by atoms with van der Waals surface area (Å²) in [5.41, 5.74) is 8.15. The van der Waals surface area contributed by atoms with Crippen LogP contribution in [-0.2, 0) is 9.84 Å². The summed E-state index contributed by atoms with van der Waals surface area (Å²) in [5.74, 6) is 0. The molecule has 0 atom stereocenters. The molecule has 4 rings (SSSR count). The molecule has 0 spiro atoms. The number of hydrogen-bond acceptors (Lipinski definition) is 4. The van der Waals surface area contributed by atoms with Gasteiger partial charge in [-0.3, -0.25) is 0 Å². The van der Waals surface area contributed by atoms with Crippen LogP contribution in [0.5, 0.6) is 0 Å². The zero-order valence-electron chi connectivity index (χ0n) is 17.5. The fourth-order valence-corrected chi connectivity index (χ4v) is 4.97. The molecular formula is C25H24N2O2S. The van der Waals surface area contributed by atoms with Gasteiger partial charge in [-0.1, -0.05) is 47.5 Å². The molecule has 3 aromatic carbocycles. The molecule has 1 N–H and O–H groups in total. The van der Waals surface area contributed by atoms with Gasteiger partial charge in [0.1, 0.15) is 0 Å². The van der Waals surface area contributed by atoms with Crippen LogP contribution in [0.25, 0.3) is 0 Å². The smallest absolute Gasteiger partial charge is 0.201 e. The molecule has 0 amide bonds. The zero-order chi connectivity index (χ0) is 21.5. The van der Waals surface area contributed by atoms with Crippen molar-refractivity contribution in [3.8, 4) is 0 Å². The maximum atomic E-state index is 13.0. The first-order valence-corrected chi connectivity index (χ1v) is 11.4. The van der Waals surface area contributed by atoms with Gasteiger partial charge in [-0.05, 0) is 63.1 Å². The normalized spacial score (nSPS) is 16.0. The maximum Gasteiger partial charge on any atom is 0.201 e. The number of aliphatic imine (C=N–C) groups is 1. The maximum absolute atomic E-state index is 13.0. The highest BCUT2D eigenvalue weighted by Gasteiger charge is 2.26. The third-order valence-electron chi connectivity index (χ3n) is 5.16. The molecule has 5 heteroatoms. The van der Waals surface area contributed by atoms with Gasteiger partial charge >= 0.3 is 0 Å². The van der Waals surface area contributed by atoms with E-state index in [0.717, 1.165) is 33.6 Å². The lowest BCUT2D eigenvalue weighted by Crippen LogP contribution is -2.07. The van der Waals surface area contributed by atoms with E-state index in [-0.39, 0.29) is 4.90 Å². The van der Waals surface area contributed by atoms with E-state index in [1.807, 2.05) is 39.0 Å². The van der Waals surface area contributed by atoms with Gasteiger partial charge < -0.3 is 5.32 Å². The van der Waals surface area contributed by atoms with E-state index in [9.17, 15) is 8.42 Å². The SMILES string of the molecule is Cc1cc(C)c(N=C2/C(=C/S(=O)(=O)c3ccccc3)Nc3ccc(C)cc32)c(C)c1. The predicted molar refractivity (Wildman–Crippen MR) is 123 cm³/mol. The summed E-state index contributed by atoms with van der Waals surface area (Å²) in [7, 11) is -3.63. The van der Waals surface area contributed by atoms with Gasteiger partial charge in [-0.2, -0.15) is 0 Å². The lowest BCUT2D eigenvalue weighted by molar-refractivity contribution is 0.604. The first-order valence-electron chi connectivity index (χ1n) is 9.81. The molecule has 0 saturated carbocycles. The standard InChI is InChI=1S/C25H24N2O2S/c1-16-10-11-22-21(14-16)25(27-24-18(3)12-17(2)13-19(24)4)23(26-22)15-30(28,29)20-8-6-5-7-9-20/h5-15,26H,1-4H3/b23-15-,27-25?. The van der Waals surface area contributed by atoms with Gasteiger partial charge in [0.15, 0.2) is 0 Å². The molecule has 3 aromatic rings. The molecule has 4 nitrogen and oxygen atoms in total. The van der Waals surface area contributed by atoms with Crippen LogP contribution in [0.3, 0.4) is 0 Å². The van der Waals surface area contributed by atoms with Crippen molar-refractivity contribution in [1.82, 2.24) is 0 Å². The lowest BCUT2D eigenvalue weighted by Gasteiger charge is -2.09. The Morgan fingerprint density at radius 3 is 2.17 bits per heavy atom. The van der Waals surface area contributed by atoms with Crippen molar-refractivity contribution in [3.63, 3.8) is 0 Å². The lowest BCUT2D eigenvalue weighted by atomic mass is 10.0. The fraction of sp³-hybridized carbons (Fsp3) is 0.160. The van der Waals surface area contributed by atoms with E-state index in [2.05, 4.69) is 24.4 Å². The predicted octanol–water partition coefficient (Wildman–Crippen LogP) is 5.78. The number of anilines is 1. The highest BCUT2D eigenvalue weighted by molar-refractivity contribution is 7.94. The molecule has 0 fully saturated rings. The van der Waals surface area contributed by atoms with Crippen LogP contribution in [0.15, 0.2) is 81.7 Å². The summed E-state index contributed by atoms with van der Waals surface area (Å²) in [4.78, 5) is 5.22. The molecule has 1 aliphatic rings. The number of hydrogen-bond donors (Lipinski definition) is 1. The second kappa shape index (κ2) is 7.58. The van der Waals surface area contributed by atoms with Crippen LogP contribution in [0.4, 0.5) is 11.4 Å². The number of sulfone groups is 1. The second-order valence-corrected chi connectivity index (χ2v) is 9.57. The minimum atomic E-state index is -3.63. The van der Waals surface area contributed by atoms with Crippen molar-refractivity contribution < 1.29 is 8.42 Å². The van der Waals surface area contributed by atoms with Gasteiger partial charge in [0.05, 0.1) is 27.4 Å². The van der Waals surface area contributed by atoms with E-state index in [1.54, 1.807) is 30.3 Å². The molecule has 0 unspecified atom stereocenters. The van der Waals surface area contributed by atoms with Crippen LogP contribution in [-0.4, -0.2) is 14.1 Å². The van der Waals surface area contributed by atoms with Crippen molar-refractivity contribution in [2.75, 3.05) is 5.32 Å². The Morgan fingerprint density at radius 2 is 1.50 bits per heavy atom. The monoisotopic (exact) mass is 416 g/mol. The van der Waals surface area contributed by atoms with E-state index in [0.29, 0.717) is 11.4 Å². The quantitative estimate of drug-likeness (QED) is 0.589. The van der Waals surface area contributed by atoms with Crippen molar-refractivity contribution in [2.45, 2.75) is 32.6 Å². The van der Waals surface area contributed by atoms with Gasteiger partial charge in [-0.25, -0.2) is 13.4 Å². The summed E-state index contributed by atoms with van der Waals surface area (Å²) < 4.78 is 26.0. The molecule has 1 aliphatic heterocycles. The first kappa shape index (κ1) is 20.1. The highest BCUT2D eigenvalue weighted by atomic mass is 32.2. The van der Waals surface area contributed by atoms with Crippen molar-refractivity contribution in [2.24, 2.45) is 4.99 Å². The number of nitrogens with zero attached hydrogens (tertiary/aromatic N) is 1. The van der Waals surface area contributed by atoms with Gasteiger partial charge in [0, 0.05) is 11.3 Å². The fourth-order valence-electron chi connectivity index (χ4n) is 3.81. The number of benzene rings is 3. The molecule has 30 heavy (non-hydrogen) atoms. The second-order valence-electron chi connectivity index (χ2n) is 7.77. The van der Waals surface area contributed by atoms with Gasteiger partial charge in [0.25, 0.3) is 0 Å². The third-order valence-corrected chi connectivity index (χ3v) is 6.63. The molecule has 0 aliphatic carbocycles. The van der Waals surface area contributed by atoms with Gasteiger partial charge in [-0.15, -0.1) is 0 Å². The average Bonchev–Trinajstić information content (AvgIpc) is 3.01. The minimum absolute atomic E-state index is 0.258. The van der Waals surface area contributed by atoms with Crippen molar-refractivity contribution in [3.05, 3.63) is 99.6 Å². The van der Waals surface area contributed by atoms with E-state index >= 15 is 0 Å². The molecule has 152 valence electrons. The van der Waals surface area contributed by atoms with Crippen LogP contribution in [0.2, 0.25) is 0 Å². The Bertz CT molecular complexity index is 1280. The summed E-state index contributed by atoms with van der Waals surface area (Å²) in [6, 6.07) is 18.6. The summed E-state index contributed by atoms with van der Waals surface area (Å²) in [6.45, 7) is 8.14. The Morgan fingerprint density at radius 1 is 0.833 bits per heavy atom. The topological polar surface area (TPSA) is 58.5 Å². The summed E-state index contributed by atoms with van der Waals surface area (Å²) in [6.07, 6.45) is 0. The van der Waals surface area contributed by atoms with Gasteiger partial charge in [0.2, 0.25) is 9.84 Å². The van der Waals surface area contributed by atoms with Crippen LogP contribution in [0.1, 0.15) is 27.8 Å². The molecule has 1 heterocycles. The number of nitrogens with one attached hydrogen (secondary N) is 1. The summed E-state index contributed by atoms with van der Waals surface area (Å²) in [5, 5.41) is 4.55. The molecule has 0 aromatic heterocycles. The third kappa shape index (κ3) is 3.81. The molecule has 0 saturated heterocycles. The van der Waals surface area contributed by atoms with E-state index in [1.165, 1.54) is 11.0 Å². The molecule has 0 bridgehead atoms. The Hall–Kier alpha value is -3.18. The first-order chi connectivity index (χ1) is 14.2. The summed E-state index contributed by atoms with van der Waals surface area (Å²) >= 11 is 0. The van der Waals surface area contributed by atoms with E-state index in [4.69, 9.17) is 4.99 Å². The largest absolute Gasteiger partial charge is 0.353 e. The number of allylic oxidation sites excluding steroid dienone is 1.